The third-order valence-corrected chi connectivity index (χ3v) is 3.16. The van der Waals surface area contributed by atoms with Gasteiger partial charge in [0, 0.05) is 18.7 Å². The first-order valence-corrected chi connectivity index (χ1v) is 8.58. The molecule has 2 rings (SSSR count). The molecule has 1 aliphatic rings. The summed E-state index contributed by atoms with van der Waals surface area (Å²) in [7, 11) is 0. The zero-order valence-electron chi connectivity index (χ0n) is 14.5. The first kappa shape index (κ1) is 19.8. The van der Waals surface area contributed by atoms with Crippen LogP contribution in [0.15, 0.2) is 29.4 Å². The minimum Gasteiger partial charge on any atom is -0.317 e. The van der Waals surface area contributed by atoms with Gasteiger partial charge >= 0.3 is 0 Å². The summed E-state index contributed by atoms with van der Waals surface area (Å²) >= 11 is 0. The summed E-state index contributed by atoms with van der Waals surface area (Å²) in [5.74, 6) is 0.581. The lowest BCUT2D eigenvalue weighted by molar-refractivity contribution is 0.455. The van der Waals surface area contributed by atoms with Crippen LogP contribution in [-0.2, 0) is 0 Å². The number of aromatic nitrogens is 1. The molecule has 1 aromatic heterocycles. The highest BCUT2D eigenvalue weighted by Gasteiger charge is 2.20. The molecule has 0 aromatic carbocycles. The summed E-state index contributed by atoms with van der Waals surface area (Å²) in [5, 5.41) is 3.40. The average molecular weight is 291 g/mol. The van der Waals surface area contributed by atoms with Gasteiger partial charge in [0.1, 0.15) is 0 Å². The monoisotopic (exact) mass is 291 g/mol. The minimum atomic E-state index is 0.581. The number of nitrogens with zero attached hydrogens (tertiary/aromatic N) is 2. The van der Waals surface area contributed by atoms with Crippen molar-refractivity contribution in [3.8, 4) is 0 Å². The number of aliphatic imine (C=N–C) groups is 1. The van der Waals surface area contributed by atoms with E-state index in [0.29, 0.717) is 5.92 Å². The molecule has 0 radical (unpaired) electrons. The molecule has 1 fully saturated rings. The van der Waals surface area contributed by atoms with Crippen LogP contribution in [0.5, 0.6) is 0 Å². The maximum absolute atomic E-state index is 4.76. The molecule has 0 unspecified atom stereocenters. The van der Waals surface area contributed by atoms with Gasteiger partial charge in [-0.2, -0.15) is 0 Å². The van der Waals surface area contributed by atoms with E-state index in [1.165, 1.54) is 18.6 Å². The van der Waals surface area contributed by atoms with Gasteiger partial charge in [-0.15, -0.1) is 0 Å². The van der Waals surface area contributed by atoms with Gasteiger partial charge in [-0.05, 0) is 44.5 Å². The first-order chi connectivity index (χ1) is 10.4. The van der Waals surface area contributed by atoms with E-state index in [9.17, 15) is 0 Å². The third kappa shape index (κ3) is 7.37. The Kier molecular flexibility index (Phi) is 13.0. The standard InChI is InChI=1S/C14H21N3.2C2H6/c1-2-8-17-14(12-6-10-15-11-7-12)13-5-3-4-9-16-13;2*1-2/h3-5,9,12,15H,2,6-8,10-11H2,1H3;2*1-2H3. The highest BCUT2D eigenvalue weighted by Crippen LogP contribution is 2.18. The molecule has 1 saturated heterocycles. The predicted molar refractivity (Wildman–Crippen MR) is 94.2 cm³/mol. The lowest BCUT2D eigenvalue weighted by atomic mass is 9.90. The summed E-state index contributed by atoms with van der Waals surface area (Å²) in [6.45, 7) is 13.3. The van der Waals surface area contributed by atoms with Gasteiger partial charge in [-0.25, -0.2) is 0 Å². The first-order valence-electron chi connectivity index (χ1n) is 8.58. The van der Waals surface area contributed by atoms with Gasteiger partial charge in [0.15, 0.2) is 0 Å². The topological polar surface area (TPSA) is 37.3 Å². The molecule has 0 amide bonds. The second kappa shape index (κ2) is 13.7. The van der Waals surface area contributed by atoms with Crippen molar-refractivity contribution in [2.45, 2.75) is 53.9 Å². The number of piperidine rings is 1. The SMILES string of the molecule is CC.CC.CCCN=C(c1ccccn1)C1CCNCC1. The summed E-state index contributed by atoms with van der Waals surface area (Å²) in [6, 6.07) is 6.09. The van der Waals surface area contributed by atoms with Gasteiger partial charge in [-0.3, -0.25) is 9.98 Å². The molecular weight excluding hydrogens is 258 g/mol. The largest absolute Gasteiger partial charge is 0.317 e. The van der Waals surface area contributed by atoms with Gasteiger partial charge in [0.25, 0.3) is 0 Å². The average Bonchev–Trinajstić information content (AvgIpc) is 2.61. The predicted octanol–water partition coefficient (Wildman–Crippen LogP) is 4.33. The number of pyridine rings is 1. The Morgan fingerprint density at radius 3 is 2.38 bits per heavy atom. The molecular formula is C18H33N3. The molecule has 21 heavy (non-hydrogen) atoms. The Hall–Kier alpha value is -1.22. The Balaban J connectivity index is 0.000000921. The van der Waals surface area contributed by atoms with E-state index in [1.807, 2.05) is 46.0 Å². The Morgan fingerprint density at radius 1 is 1.19 bits per heavy atom. The molecule has 1 N–H and O–H groups in total. The zero-order valence-corrected chi connectivity index (χ0v) is 14.5. The van der Waals surface area contributed by atoms with Crippen LogP contribution in [0, 0.1) is 5.92 Å². The van der Waals surface area contributed by atoms with Crippen molar-refractivity contribution < 1.29 is 0 Å². The highest BCUT2D eigenvalue weighted by atomic mass is 14.9. The van der Waals surface area contributed by atoms with Crippen LogP contribution in [-0.4, -0.2) is 30.3 Å². The number of hydrogen-bond donors (Lipinski definition) is 1. The van der Waals surface area contributed by atoms with Crippen molar-refractivity contribution in [2.24, 2.45) is 10.9 Å². The maximum Gasteiger partial charge on any atom is 0.0842 e. The Labute approximate surface area is 131 Å². The van der Waals surface area contributed by atoms with Crippen LogP contribution >= 0.6 is 0 Å². The van der Waals surface area contributed by atoms with Crippen molar-refractivity contribution in [3.05, 3.63) is 30.1 Å². The van der Waals surface area contributed by atoms with E-state index in [-0.39, 0.29) is 0 Å². The molecule has 0 atom stereocenters. The third-order valence-electron chi connectivity index (χ3n) is 3.16. The van der Waals surface area contributed by atoms with Gasteiger partial charge in [-0.1, -0.05) is 40.7 Å². The van der Waals surface area contributed by atoms with E-state index in [0.717, 1.165) is 31.7 Å². The summed E-state index contributed by atoms with van der Waals surface area (Å²) in [6.07, 6.45) is 5.32. The fraction of sp³-hybridized carbons (Fsp3) is 0.667. The molecule has 0 bridgehead atoms. The smallest absolute Gasteiger partial charge is 0.0842 e. The van der Waals surface area contributed by atoms with Crippen LogP contribution in [0.3, 0.4) is 0 Å². The van der Waals surface area contributed by atoms with Crippen molar-refractivity contribution in [1.82, 2.24) is 10.3 Å². The molecule has 0 aliphatic carbocycles. The molecule has 1 aromatic rings. The molecule has 3 heteroatoms. The molecule has 0 spiro atoms. The maximum atomic E-state index is 4.76. The van der Waals surface area contributed by atoms with E-state index in [4.69, 9.17) is 4.99 Å². The fourth-order valence-corrected chi connectivity index (χ4v) is 2.26. The summed E-state index contributed by atoms with van der Waals surface area (Å²) in [4.78, 5) is 9.22. The zero-order chi connectivity index (χ0) is 15.9. The quantitative estimate of drug-likeness (QED) is 0.838. The number of hydrogen-bond acceptors (Lipinski definition) is 3. The number of nitrogens with one attached hydrogen (secondary N) is 1. The summed E-state index contributed by atoms with van der Waals surface area (Å²) in [5.41, 5.74) is 2.28. The molecule has 2 heterocycles. The Morgan fingerprint density at radius 2 is 1.86 bits per heavy atom. The minimum absolute atomic E-state index is 0.581. The molecule has 120 valence electrons. The second-order valence-electron chi connectivity index (χ2n) is 4.51. The van der Waals surface area contributed by atoms with Crippen LogP contribution in [0.1, 0.15) is 59.6 Å². The van der Waals surface area contributed by atoms with Crippen molar-refractivity contribution in [2.75, 3.05) is 19.6 Å². The number of rotatable bonds is 4. The lowest BCUT2D eigenvalue weighted by Gasteiger charge is -2.24. The fourth-order valence-electron chi connectivity index (χ4n) is 2.26. The van der Waals surface area contributed by atoms with E-state index < -0.39 is 0 Å². The van der Waals surface area contributed by atoms with E-state index >= 15 is 0 Å². The van der Waals surface area contributed by atoms with Crippen LogP contribution < -0.4 is 5.32 Å². The molecule has 3 nitrogen and oxygen atoms in total. The van der Waals surface area contributed by atoms with E-state index in [2.05, 4.69) is 23.3 Å². The van der Waals surface area contributed by atoms with E-state index in [1.54, 1.807) is 0 Å². The second-order valence-corrected chi connectivity index (χ2v) is 4.51. The van der Waals surface area contributed by atoms with Crippen molar-refractivity contribution in [1.29, 1.82) is 0 Å². The van der Waals surface area contributed by atoms with Gasteiger partial charge in [0.05, 0.1) is 11.4 Å². The van der Waals surface area contributed by atoms with Crippen LogP contribution in [0.25, 0.3) is 0 Å². The van der Waals surface area contributed by atoms with Gasteiger partial charge < -0.3 is 5.32 Å². The normalized spacial score (nSPS) is 15.4. The highest BCUT2D eigenvalue weighted by molar-refractivity contribution is 6.00. The van der Waals surface area contributed by atoms with Crippen molar-refractivity contribution in [3.63, 3.8) is 0 Å². The van der Waals surface area contributed by atoms with Gasteiger partial charge in [0.2, 0.25) is 0 Å². The summed E-state index contributed by atoms with van der Waals surface area (Å²) < 4.78 is 0. The Bertz CT molecular complexity index is 354. The van der Waals surface area contributed by atoms with Crippen LogP contribution in [0.2, 0.25) is 0 Å². The molecule has 0 saturated carbocycles. The van der Waals surface area contributed by atoms with Crippen LogP contribution in [0.4, 0.5) is 0 Å². The molecule has 1 aliphatic heterocycles. The van der Waals surface area contributed by atoms with Crippen molar-refractivity contribution >= 4 is 5.71 Å². The lowest BCUT2D eigenvalue weighted by Crippen LogP contribution is -2.32.